The molecule has 1 N–H and O–H groups in total. The van der Waals surface area contributed by atoms with Gasteiger partial charge in [0.2, 0.25) is 0 Å². The van der Waals surface area contributed by atoms with Crippen LogP contribution >= 0.6 is 0 Å². The third-order valence-electron chi connectivity index (χ3n) is 6.55. The lowest BCUT2D eigenvalue weighted by Crippen LogP contribution is -2.16. The fourth-order valence-electron chi connectivity index (χ4n) is 3.87. The van der Waals surface area contributed by atoms with E-state index in [4.69, 9.17) is 9.84 Å². The number of aromatic carboxylic acids is 1. The summed E-state index contributed by atoms with van der Waals surface area (Å²) < 4.78 is 5.60. The Morgan fingerprint density at radius 1 is 0.872 bits per heavy atom. The zero-order chi connectivity index (χ0) is 28.3. The van der Waals surface area contributed by atoms with Gasteiger partial charge in [0.1, 0.15) is 5.75 Å². The second kappa shape index (κ2) is 18.7. The SMILES string of the molecule is CCC/C=C\C/C=C\CCCCCCCc1cc(OC(=O)C(C)CC)ccc1N=Nc1ccc(C(=O)O)cc1. The van der Waals surface area contributed by atoms with Crippen LogP contribution in [0, 0.1) is 5.92 Å². The highest BCUT2D eigenvalue weighted by atomic mass is 16.5. The lowest BCUT2D eigenvalue weighted by molar-refractivity contribution is -0.138. The number of carbonyl (C=O) groups excluding carboxylic acids is 1. The first-order chi connectivity index (χ1) is 18.9. The molecule has 210 valence electrons. The van der Waals surface area contributed by atoms with Crippen LogP contribution < -0.4 is 4.74 Å². The summed E-state index contributed by atoms with van der Waals surface area (Å²) in [5.41, 5.74) is 2.48. The van der Waals surface area contributed by atoms with Crippen LogP contribution in [-0.4, -0.2) is 17.0 Å². The first-order valence-corrected chi connectivity index (χ1v) is 14.3. The van der Waals surface area contributed by atoms with E-state index in [0.29, 0.717) is 11.4 Å². The van der Waals surface area contributed by atoms with Crippen molar-refractivity contribution >= 4 is 23.3 Å². The number of nitrogens with zero attached hydrogens (tertiary/aromatic N) is 2. The number of carboxylic acids is 1. The van der Waals surface area contributed by atoms with Gasteiger partial charge >= 0.3 is 11.9 Å². The molecule has 6 nitrogen and oxygen atoms in total. The van der Waals surface area contributed by atoms with Gasteiger partial charge in [0, 0.05) is 0 Å². The highest BCUT2D eigenvalue weighted by Gasteiger charge is 2.14. The molecule has 2 aromatic rings. The van der Waals surface area contributed by atoms with Gasteiger partial charge in [0.05, 0.1) is 22.9 Å². The van der Waals surface area contributed by atoms with E-state index in [0.717, 1.165) is 56.2 Å². The Hall–Kier alpha value is -3.54. The topological polar surface area (TPSA) is 88.3 Å². The molecule has 0 aliphatic heterocycles. The summed E-state index contributed by atoms with van der Waals surface area (Å²) in [6, 6.07) is 11.7. The maximum atomic E-state index is 12.3. The Morgan fingerprint density at radius 2 is 1.56 bits per heavy atom. The number of hydrogen-bond acceptors (Lipinski definition) is 5. The van der Waals surface area contributed by atoms with Gasteiger partial charge in [-0.05, 0) is 93.0 Å². The summed E-state index contributed by atoms with van der Waals surface area (Å²) in [5, 5.41) is 17.8. The van der Waals surface area contributed by atoms with Crippen molar-refractivity contribution < 1.29 is 19.4 Å². The maximum absolute atomic E-state index is 12.3. The van der Waals surface area contributed by atoms with Crippen LogP contribution in [0.1, 0.15) is 101 Å². The normalized spacial score (nSPS) is 12.5. The molecule has 0 heterocycles. The van der Waals surface area contributed by atoms with E-state index in [-0.39, 0.29) is 17.5 Å². The molecule has 0 aliphatic carbocycles. The van der Waals surface area contributed by atoms with Crippen LogP contribution in [0.5, 0.6) is 5.75 Å². The molecule has 1 unspecified atom stereocenters. The number of unbranched alkanes of at least 4 members (excludes halogenated alkanes) is 6. The number of hydrogen-bond donors (Lipinski definition) is 1. The molecule has 1 atom stereocenters. The van der Waals surface area contributed by atoms with Crippen LogP contribution in [0.4, 0.5) is 11.4 Å². The first-order valence-electron chi connectivity index (χ1n) is 14.3. The van der Waals surface area contributed by atoms with Gasteiger partial charge < -0.3 is 9.84 Å². The molecule has 0 bridgehead atoms. The van der Waals surface area contributed by atoms with Crippen molar-refractivity contribution in [1.29, 1.82) is 0 Å². The lowest BCUT2D eigenvalue weighted by Gasteiger charge is -2.11. The lowest BCUT2D eigenvalue weighted by atomic mass is 10.0. The third kappa shape index (κ3) is 12.7. The Labute approximate surface area is 233 Å². The minimum absolute atomic E-state index is 0.158. The number of ether oxygens (including phenoxy) is 1. The fourth-order valence-corrected chi connectivity index (χ4v) is 3.87. The maximum Gasteiger partial charge on any atom is 0.335 e. The molecule has 6 heteroatoms. The highest BCUT2D eigenvalue weighted by molar-refractivity contribution is 5.87. The summed E-state index contributed by atoms with van der Waals surface area (Å²) in [6.07, 6.45) is 20.8. The van der Waals surface area contributed by atoms with Crippen molar-refractivity contribution in [3.05, 3.63) is 77.9 Å². The Morgan fingerprint density at radius 3 is 2.26 bits per heavy atom. The highest BCUT2D eigenvalue weighted by Crippen LogP contribution is 2.29. The molecule has 0 saturated carbocycles. The average Bonchev–Trinajstić information content (AvgIpc) is 2.94. The molecule has 0 amide bonds. The largest absolute Gasteiger partial charge is 0.478 e. The molecule has 2 aromatic carbocycles. The second-order valence-electron chi connectivity index (χ2n) is 9.85. The van der Waals surface area contributed by atoms with Crippen molar-refractivity contribution in [2.45, 2.75) is 91.4 Å². The summed E-state index contributed by atoms with van der Waals surface area (Å²) in [7, 11) is 0. The number of aryl methyl sites for hydroxylation is 1. The van der Waals surface area contributed by atoms with Crippen LogP contribution in [0.3, 0.4) is 0 Å². The van der Waals surface area contributed by atoms with Crippen LogP contribution in [0.2, 0.25) is 0 Å². The van der Waals surface area contributed by atoms with E-state index in [1.807, 2.05) is 26.0 Å². The van der Waals surface area contributed by atoms with Gasteiger partial charge in [0.15, 0.2) is 0 Å². The van der Waals surface area contributed by atoms with E-state index in [2.05, 4.69) is 41.5 Å². The Kier molecular flexibility index (Phi) is 15.2. The van der Waals surface area contributed by atoms with E-state index in [9.17, 15) is 9.59 Å². The molecule has 0 radical (unpaired) electrons. The molecule has 2 rings (SSSR count). The van der Waals surface area contributed by atoms with Crippen LogP contribution in [-0.2, 0) is 11.2 Å². The molecule has 0 spiro atoms. The minimum atomic E-state index is -0.977. The number of azo groups is 1. The number of carboxylic acid groups (broad SMARTS) is 1. The monoisotopic (exact) mass is 532 g/mol. The van der Waals surface area contributed by atoms with Gasteiger partial charge in [-0.15, -0.1) is 0 Å². The van der Waals surface area contributed by atoms with Crippen LogP contribution in [0.15, 0.2) is 77.0 Å². The van der Waals surface area contributed by atoms with Crippen molar-refractivity contribution in [3.8, 4) is 5.75 Å². The smallest absolute Gasteiger partial charge is 0.335 e. The molecule has 0 saturated heterocycles. The van der Waals surface area contributed by atoms with Gasteiger partial charge in [0.25, 0.3) is 0 Å². The van der Waals surface area contributed by atoms with Crippen molar-refractivity contribution in [1.82, 2.24) is 0 Å². The molecule has 0 fully saturated rings. The molecular formula is C33H44N2O4. The quantitative estimate of drug-likeness (QED) is 0.0680. The first kappa shape index (κ1) is 31.7. The summed E-state index contributed by atoms with van der Waals surface area (Å²) in [6.45, 7) is 6.02. The molecule has 39 heavy (non-hydrogen) atoms. The predicted molar refractivity (Wildman–Crippen MR) is 158 cm³/mol. The number of rotatable bonds is 18. The predicted octanol–water partition coefficient (Wildman–Crippen LogP) is 9.94. The third-order valence-corrected chi connectivity index (χ3v) is 6.55. The fraction of sp³-hybridized carbons (Fsp3) is 0.455. The van der Waals surface area contributed by atoms with Crippen molar-refractivity contribution in [3.63, 3.8) is 0 Å². The number of esters is 1. The average molecular weight is 533 g/mol. The van der Waals surface area contributed by atoms with Gasteiger partial charge in [-0.1, -0.05) is 70.8 Å². The van der Waals surface area contributed by atoms with E-state index in [1.165, 1.54) is 37.8 Å². The van der Waals surface area contributed by atoms with Gasteiger partial charge in [-0.2, -0.15) is 10.2 Å². The molecular weight excluding hydrogens is 488 g/mol. The number of carbonyl (C=O) groups is 2. The standard InChI is InChI=1S/C33H44N2O4/c1-4-6-7-8-9-10-11-12-13-14-15-16-17-18-28-25-30(39-33(38)26(3)5-2)23-24-31(28)35-34-29-21-19-27(20-22-29)32(36)37/h7-8,10-11,19-26H,4-6,9,12-18H2,1-3H3,(H,36,37)/b8-7-,11-10-,35-34?. The Balaban J connectivity index is 1.92. The van der Waals surface area contributed by atoms with Crippen LogP contribution in [0.25, 0.3) is 0 Å². The zero-order valence-electron chi connectivity index (χ0n) is 23.8. The van der Waals surface area contributed by atoms with E-state index < -0.39 is 5.97 Å². The molecule has 0 aliphatic rings. The van der Waals surface area contributed by atoms with Crippen molar-refractivity contribution in [2.24, 2.45) is 16.1 Å². The number of benzene rings is 2. The second-order valence-corrected chi connectivity index (χ2v) is 9.85. The van der Waals surface area contributed by atoms with Crippen molar-refractivity contribution in [2.75, 3.05) is 0 Å². The van der Waals surface area contributed by atoms with E-state index >= 15 is 0 Å². The summed E-state index contributed by atoms with van der Waals surface area (Å²) >= 11 is 0. The zero-order valence-corrected chi connectivity index (χ0v) is 23.8. The van der Waals surface area contributed by atoms with E-state index in [1.54, 1.807) is 18.2 Å². The summed E-state index contributed by atoms with van der Waals surface area (Å²) in [5.74, 6) is -0.845. The molecule has 0 aromatic heterocycles. The van der Waals surface area contributed by atoms with Gasteiger partial charge in [-0.3, -0.25) is 4.79 Å². The number of allylic oxidation sites excluding steroid dienone is 4. The Bertz CT molecular complexity index is 1100. The minimum Gasteiger partial charge on any atom is -0.478 e. The van der Waals surface area contributed by atoms with Gasteiger partial charge in [-0.25, -0.2) is 4.79 Å². The summed E-state index contributed by atoms with van der Waals surface area (Å²) in [4.78, 5) is 23.4.